The summed E-state index contributed by atoms with van der Waals surface area (Å²) in [6, 6.07) is 6.53. The lowest BCUT2D eigenvalue weighted by molar-refractivity contribution is -0.0329. The molecular weight excluding hydrogens is 264 g/mol. The topological polar surface area (TPSA) is 92.4 Å². The first-order valence-corrected chi connectivity index (χ1v) is 7.93. The zero-order valence-electron chi connectivity index (χ0n) is 11.0. The van der Waals surface area contributed by atoms with E-state index in [1.54, 1.807) is 12.1 Å². The first-order valence-electron chi connectivity index (χ1n) is 6.39. The molecule has 0 saturated heterocycles. The van der Waals surface area contributed by atoms with Gasteiger partial charge in [-0.2, -0.15) is 0 Å². The van der Waals surface area contributed by atoms with E-state index in [0.29, 0.717) is 6.54 Å². The summed E-state index contributed by atoms with van der Waals surface area (Å²) in [7, 11) is -3.67. The molecule has 4 N–H and O–H groups in total. The quantitative estimate of drug-likeness (QED) is 0.749. The minimum atomic E-state index is -3.67. The Labute approximate surface area is 113 Å². The van der Waals surface area contributed by atoms with Crippen molar-refractivity contribution in [2.24, 2.45) is 5.14 Å². The molecule has 1 saturated carbocycles. The van der Waals surface area contributed by atoms with Crippen molar-refractivity contribution >= 4 is 10.0 Å². The van der Waals surface area contributed by atoms with Gasteiger partial charge in [-0.05, 0) is 43.9 Å². The molecule has 0 aromatic heterocycles. The van der Waals surface area contributed by atoms with Crippen molar-refractivity contribution in [2.45, 2.75) is 42.7 Å². The molecule has 2 rings (SSSR count). The van der Waals surface area contributed by atoms with E-state index < -0.39 is 15.6 Å². The highest BCUT2D eigenvalue weighted by atomic mass is 32.2. The van der Waals surface area contributed by atoms with E-state index in [1.165, 1.54) is 6.07 Å². The monoisotopic (exact) mass is 284 g/mol. The molecule has 1 atom stereocenters. The lowest BCUT2D eigenvalue weighted by Gasteiger charge is -2.37. The molecule has 0 heterocycles. The van der Waals surface area contributed by atoms with E-state index in [1.807, 2.05) is 13.0 Å². The fourth-order valence-electron chi connectivity index (χ4n) is 2.18. The predicted molar refractivity (Wildman–Crippen MR) is 73.0 cm³/mol. The molecule has 0 aliphatic heterocycles. The highest BCUT2D eigenvalue weighted by Gasteiger charge is 2.34. The van der Waals surface area contributed by atoms with Crippen LogP contribution in [-0.4, -0.2) is 25.7 Å². The van der Waals surface area contributed by atoms with Crippen LogP contribution >= 0.6 is 0 Å². The molecule has 1 unspecified atom stereocenters. The number of sulfonamides is 1. The first-order chi connectivity index (χ1) is 8.80. The third-order valence-corrected chi connectivity index (χ3v) is 4.62. The summed E-state index contributed by atoms with van der Waals surface area (Å²) >= 11 is 0. The summed E-state index contributed by atoms with van der Waals surface area (Å²) in [5, 5.41) is 18.4. The predicted octanol–water partition coefficient (Wildman–Crippen LogP) is 0.900. The Kier molecular flexibility index (Phi) is 3.96. The van der Waals surface area contributed by atoms with Gasteiger partial charge in [0.2, 0.25) is 10.0 Å². The van der Waals surface area contributed by atoms with Crippen LogP contribution in [-0.2, 0) is 10.0 Å². The van der Waals surface area contributed by atoms with E-state index in [4.69, 9.17) is 5.14 Å². The molecule has 1 fully saturated rings. The van der Waals surface area contributed by atoms with Crippen LogP contribution in [0.5, 0.6) is 0 Å². The molecule has 5 nitrogen and oxygen atoms in total. The lowest BCUT2D eigenvalue weighted by atomic mass is 9.80. The lowest BCUT2D eigenvalue weighted by Crippen LogP contribution is -2.46. The Morgan fingerprint density at radius 3 is 2.68 bits per heavy atom. The van der Waals surface area contributed by atoms with E-state index >= 15 is 0 Å². The van der Waals surface area contributed by atoms with Gasteiger partial charge < -0.3 is 10.4 Å². The maximum absolute atomic E-state index is 11.3. The fraction of sp³-hybridized carbons (Fsp3) is 0.538. The summed E-state index contributed by atoms with van der Waals surface area (Å²) in [6.45, 7) is 2.46. The largest absolute Gasteiger partial charge is 0.389 e. The van der Waals surface area contributed by atoms with Gasteiger partial charge in [-0.1, -0.05) is 12.1 Å². The number of nitrogens with two attached hydrogens (primary N) is 1. The molecular formula is C13H20N2O3S. The van der Waals surface area contributed by atoms with Gasteiger partial charge in [0, 0.05) is 12.6 Å². The summed E-state index contributed by atoms with van der Waals surface area (Å²) in [5.41, 5.74) is 0.251. The van der Waals surface area contributed by atoms with Crippen LogP contribution in [0.3, 0.4) is 0 Å². The van der Waals surface area contributed by atoms with Gasteiger partial charge in [0.05, 0.1) is 10.5 Å². The molecule has 1 aliphatic carbocycles. The summed E-state index contributed by atoms with van der Waals surface area (Å²) in [5.74, 6) is 0. The van der Waals surface area contributed by atoms with Gasteiger partial charge in [0.25, 0.3) is 0 Å². The highest BCUT2D eigenvalue weighted by molar-refractivity contribution is 7.89. The van der Waals surface area contributed by atoms with Crippen LogP contribution in [0, 0.1) is 0 Å². The Morgan fingerprint density at radius 1 is 1.47 bits per heavy atom. The minimum Gasteiger partial charge on any atom is -0.389 e. The second-order valence-corrected chi connectivity index (χ2v) is 6.86. The third kappa shape index (κ3) is 3.54. The average molecular weight is 284 g/mol. The third-order valence-electron chi connectivity index (χ3n) is 3.71. The van der Waals surface area contributed by atoms with Crippen molar-refractivity contribution < 1.29 is 13.5 Å². The number of aliphatic hydroxyl groups is 1. The van der Waals surface area contributed by atoms with Crippen LogP contribution < -0.4 is 10.5 Å². The van der Waals surface area contributed by atoms with E-state index in [0.717, 1.165) is 24.8 Å². The maximum atomic E-state index is 11.3. The number of hydrogen-bond acceptors (Lipinski definition) is 4. The van der Waals surface area contributed by atoms with E-state index in [2.05, 4.69) is 5.32 Å². The van der Waals surface area contributed by atoms with Gasteiger partial charge in [0.15, 0.2) is 0 Å². The van der Waals surface area contributed by atoms with Crippen molar-refractivity contribution in [1.29, 1.82) is 0 Å². The minimum absolute atomic E-state index is 0.0358. The Bertz CT molecular complexity index is 553. The standard InChI is InChI=1S/C13H20N2O3S/c1-10(15-9-13(16)6-3-7-13)11-4-2-5-12(8-11)19(14,17)18/h2,4-5,8,10,15-16H,3,6-7,9H2,1H3,(H2,14,17,18). The summed E-state index contributed by atoms with van der Waals surface area (Å²) in [4.78, 5) is 0.112. The van der Waals surface area contributed by atoms with E-state index in [-0.39, 0.29) is 10.9 Å². The van der Waals surface area contributed by atoms with Gasteiger partial charge in [-0.15, -0.1) is 0 Å². The van der Waals surface area contributed by atoms with Gasteiger partial charge in [0.1, 0.15) is 0 Å². The van der Waals surface area contributed by atoms with Crippen LogP contribution in [0.25, 0.3) is 0 Å². The van der Waals surface area contributed by atoms with Crippen molar-refractivity contribution in [2.75, 3.05) is 6.54 Å². The first kappa shape index (κ1) is 14.5. The maximum Gasteiger partial charge on any atom is 0.238 e. The Hall–Kier alpha value is -0.950. The molecule has 6 heteroatoms. The van der Waals surface area contributed by atoms with Gasteiger partial charge >= 0.3 is 0 Å². The van der Waals surface area contributed by atoms with Crippen LogP contribution in [0.4, 0.5) is 0 Å². The average Bonchev–Trinajstić information content (AvgIpc) is 2.33. The normalized spacial score (nSPS) is 19.7. The van der Waals surface area contributed by atoms with Crippen molar-refractivity contribution in [1.82, 2.24) is 5.32 Å². The summed E-state index contributed by atoms with van der Waals surface area (Å²) < 4.78 is 22.6. The SMILES string of the molecule is CC(NCC1(O)CCC1)c1cccc(S(N)(=O)=O)c1. The van der Waals surface area contributed by atoms with Gasteiger partial charge in [-0.3, -0.25) is 0 Å². The zero-order valence-corrected chi connectivity index (χ0v) is 11.8. The molecule has 19 heavy (non-hydrogen) atoms. The van der Waals surface area contributed by atoms with Crippen LogP contribution in [0.1, 0.15) is 37.8 Å². The van der Waals surface area contributed by atoms with Crippen LogP contribution in [0.2, 0.25) is 0 Å². The number of primary sulfonamides is 1. The van der Waals surface area contributed by atoms with Crippen molar-refractivity contribution in [3.05, 3.63) is 29.8 Å². The van der Waals surface area contributed by atoms with Crippen molar-refractivity contribution in [3.8, 4) is 0 Å². The van der Waals surface area contributed by atoms with Gasteiger partial charge in [-0.25, -0.2) is 13.6 Å². The van der Waals surface area contributed by atoms with E-state index in [9.17, 15) is 13.5 Å². The second-order valence-electron chi connectivity index (χ2n) is 5.30. The number of benzene rings is 1. The zero-order chi connectivity index (χ0) is 14.1. The summed E-state index contributed by atoms with van der Waals surface area (Å²) in [6.07, 6.45) is 2.71. The molecule has 0 amide bonds. The second kappa shape index (κ2) is 5.20. The number of hydrogen-bond donors (Lipinski definition) is 3. The fourth-order valence-corrected chi connectivity index (χ4v) is 2.75. The highest BCUT2D eigenvalue weighted by Crippen LogP contribution is 2.31. The molecule has 0 radical (unpaired) electrons. The Balaban J connectivity index is 2.04. The molecule has 0 spiro atoms. The molecule has 0 bridgehead atoms. The molecule has 1 aromatic carbocycles. The van der Waals surface area contributed by atoms with Crippen molar-refractivity contribution in [3.63, 3.8) is 0 Å². The number of nitrogens with one attached hydrogen (secondary N) is 1. The number of rotatable bonds is 5. The molecule has 106 valence electrons. The smallest absolute Gasteiger partial charge is 0.238 e. The Morgan fingerprint density at radius 2 is 2.16 bits per heavy atom. The molecule has 1 aliphatic rings. The molecule has 1 aromatic rings. The van der Waals surface area contributed by atoms with Crippen LogP contribution in [0.15, 0.2) is 29.2 Å².